The van der Waals surface area contributed by atoms with Crippen LogP contribution in [0, 0.1) is 0 Å². The molecule has 0 spiro atoms. The van der Waals surface area contributed by atoms with Gasteiger partial charge in [-0.1, -0.05) is 149 Å². The molecule has 10 aromatic carbocycles. The first-order valence-corrected chi connectivity index (χ1v) is 27.7. The first kappa shape index (κ1) is 45.7. The number of imidazole rings is 2. The molecule has 1 N–H and O–H groups in total. The van der Waals surface area contributed by atoms with Crippen LogP contribution < -0.4 is 0 Å². The van der Waals surface area contributed by atoms with Gasteiger partial charge in [-0.05, 0) is 145 Å². The van der Waals surface area contributed by atoms with E-state index in [1.54, 1.807) is 0 Å². The molecule has 79 heavy (non-hydrogen) atoms. The van der Waals surface area contributed by atoms with Crippen LogP contribution in [0.2, 0.25) is 0 Å². The van der Waals surface area contributed by atoms with Crippen molar-refractivity contribution in [2.45, 2.75) is 38.5 Å². The van der Waals surface area contributed by atoms with Gasteiger partial charge in [0.15, 0.2) is 0 Å². The second kappa shape index (κ2) is 16.8. The maximum atomic E-state index is 5.04. The van der Waals surface area contributed by atoms with E-state index in [2.05, 4.69) is 225 Å². The Hall–Kier alpha value is -9.44. The summed E-state index contributed by atoms with van der Waals surface area (Å²) in [5, 5.41) is 7.25. The number of rotatable bonds is 1. The quantitative estimate of drug-likeness (QED) is 0.178. The topological polar surface area (TPSA) is 81.1 Å². The lowest BCUT2D eigenvalue weighted by molar-refractivity contribution is 0.661. The van der Waals surface area contributed by atoms with E-state index in [0.29, 0.717) is 0 Å². The van der Waals surface area contributed by atoms with Crippen LogP contribution in [0.5, 0.6) is 0 Å². The molecule has 2 aliphatic carbocycles. The van der Waals surface area contributed by atoms with Crippen molar-refractivity contribution in [1.82, 2.24) is 38.3 Å². The van der Waals surface area contributed by atoms with E-state index >= 15 is 0 Å². The average molecular weight is 1080 g/mol. The second-order valence-corrected chi connectivity index (χ2v) is 23.0. The highest BCUT2D eigenvalue weighted by atomic mass is 79.9. The van der Waals surface area contributed by atoms with Crippen LogP contribution in [0.1, 0.15) is 49.9 Å². The van der Waals surface area contributed by atoms with Gasteiger partial charge in [-0.15, -0.1) is 0 Å². The van der Waals surface area contributed by atoms with Crippen LogP contribution in [0.15, 0.2) is 223 Å². The molecular weight excluding hydrogens is 1030 g/mol. The van der Waals surface area contributed by atoms with Crippen molar-refractivity contribution in [2.75, 3.05) is 0 Å². The predicted molar refractivity (Wildman–Crippen MR) is 329 cm³/mol. The molecule has 376 valence electrons. The fraction of sp³-hybridized carbons (Fsp3) is 0.0857. The number of nitrogens with zero attached hydrogens (tertiary/aromatic N) is 7. The van der Waals surface area contributed by atoms with Crippen molar-refractivity contribution in [1.29, 1.82) is 0 Å². The lowest BCUT2D eigenvalue weighted by Gasteiger charge is -2.21. The van der Waals surface area contributed by atoms with Gasteiger partial charge in [0, 0.05) is 58.7 Å². The van der Waals surface area contributed by atoms with Crippen LogP contribution in [-0.4, -0.2) is 38.3 Å². The van der Waals surface area contributed by atoms with Gasteiger partial charge in [-0.25, -0.2) is 19.9 Å². The van der Waals surface area contributed by atoms with Gasteiger partial charge >= 0.3 is 0 Å². The number of fused-ring (bicyclic) bond motifs is 22. The third-order valence-electron chi connectivity index (χ3n) is 17.1. The zero-order valence-corrected chi connectivity index (χ0v) is 45.4. The fourth-order valence-electron chi connectivity index (χ4n) is 13.3. The monoisotopic (exact) mass is 1080 g/mol. The Bertz CT molecular complexity index is 5240. The van der Waals surface area contributed by atoms with Gasteiger partial charge in [0.2, 0.25) is 0 Å². The highest BCUT2D eigenvalue weighted by Crippen LogP contribution is 2.52. The molecule has 0 fully saturated rings. The Morgan fingerprint density at radius 3 is 1.56 bits per heavy atom. The number of aromatic amines is 1. The van der Waals surface area contributed by atoms with Gasteiger partial charge in [0.25, 0.3) is 0 Å². The van der Waals surface area contributed by atoms with Gasteiger partial charge in [-0.3, -0.25) is 8.80 Å². The standard InChI is InChI=1S/C35H24N4.C21H17N.C14H8BrN3/c1-35(2)26-13-5-3-10-21(26)24-18-25-22-11-4-7-15-29(22)39(32(25)19-27(24)35)31-17-9-12-23-33(31)36-20-38-30-16-8-6-14-28(30)37-34(23)38;1-21(2)17-9-5-3-7-13(17)15-11-16-14-8-4-6-10-19(14)22-20(16)12-18(15)21;15-10-5-3-4-9-13(10)16-8-18-12-7-2-1-6-11(12)17-14(9)18/h3-20H,1-2H3;3-12,22H,1-2H3;1-8H. The normalized spacial score (nSPS) is 13.8. The lowest BCUT2D eigenvalue weighted by atomic mass is 9.82. The van der Waals surface area contributed by atoms with Gasteiger partial charge in [-0.2, -0.15) is 0 Å². The zero-order valence-electron chi connectivity index (χ0n) is 43.8. The highest BCUT2D eigenvalue weighted by molar-refractivity contribution is 9.10. The molecule has 0 unspecified atom stereocenters. The van der Waals surface area contributed by atoms with Gasteiger partial charge < -0.3 is 9.55 Å². The first-order chi connectivity index (χ1) is 38.6. The van der Waals surface area contributed by atoms with Crippen LogP contribution in [0.4, 0.5) is 0 Å². The Morgan fingerprint density at radius 2 is 0.886 bits per heavy atom. The molecule has 0 saturated heterocycles. The van der Waals surface area contributed by atoms with E-state index in [0.717, 1.165) is 65.3 Å². The smallest absolute Gasteiger partial charge is 0.148 e. The van der Waals surface area contributed by atoms with Crippen LogP contribution in [0.3, 0.4) is 0 Å². The molecule has 0 saturated carbocycles. The Morgan fingerprint density at radius 1 is 0.380 bits per heavy atom. The lowest BCUT2D eigenvalue weighted by Crippen LogP contribution is -2.15. The van der Waals surface area contributed by atoms with Crippen LogP contribution in [-0.2, 0) is 10.8 Å². The average Bonchev–Trinajstić information content (AvgIpc) is 4.37. The summed E-state index contributed by atoms with van der Waals surface area (Å²) < 4.78 is 7.53. The minimum absolute atomic E-state index is 0.0669. The highest BCUT2D eigenvalue weighted by Gasteiger charge is 2.37. The van der Waals surface area contributed by atoms with E-state index in [1.165, 1.54) is 88.1 Å². The van der Waals surface area contributed by atoms with E-state index < -0.39 is 0 Å². The molecule has 0 amide bonds. The summed E-state index contributed by atoms with van der Waals surface area (Å²) in [4.78, 5) is 22.8. The number of H-pyrrole nitrogens is 1. The van der Waals surface area contributed by atoms with Crippen molar-refractivity contribution >= 4 is 115 Å². The van der Waals surface area contributed by atoms with Crippen molar-refractivity contribution in [3.05, 3.63) is 246 Å². The molecule has 2 aliphatic rings. The Kier molecular flexibility index (Phi) is 9.71. The van der Waals surface area contributed by atoms with E-state index in [4.69, 9.17) is 9.97 Å². The van der Waals surface area contributed by atoms with Crippen molar-refractivity contribution in [3.63, 3.8) is 0 Å². The third kappa shape index (κ3) is 6.60. The molecule has 16 aromatic rings. The molecule has 0 atom stereocenters. The SMILES string of the molecule is Brc1cccc2c1ncn1c3ccccc3nc21.CC1(C)c2ccccc2-c2cc3c(cc21)[nH]c1ccccc13.CC1(C)c2ccccc2-c2cc3c4ccccc4n(-c4cccc5c4ncn4c6ccccc6nc54)c3cc21. The number of hydrogen-bond donors (Lipinski definition) is 1. The minimum Gasteiger partial charge on any atom is -0.355 e. The molecule has 18 rings (SSSR count). The second-order valence-electron chi connectivity index (χ2n) is 22.1. The number of nitrogens with one attached hydrogen (secondary N) is 1. The molecule has 0 bridgehead atoms. The zero-order chi connectivity index (χ0) is 52.9. The minimum atomic E-state index is -0.0689. The Balaban J connectivity index is 0.000000109. The third-order valence-corrected chi connectivity index (χ3v) is 17.7. The summed E-state index contributed by atoms with van der Waals surface area (Å²) in [6.45, 7) is 9.34. The molecule has 9 heteroatoms. The molecule has 6 aromatic heterocycles. The number of aromatic nitrogens is 8. The van der Waals surface area contributed by atoms with Crippen molar-refractivity contribution in [2.24, 2.45) is 0 Å². The molecule has 8 nitrogen and oxygen atoms in total. The van der Waals surface area contributed by atoms with E-state index in [-0.39, 0.29) is 10.8 Å². The summed E-state index contributed by atoms with van der Waals surface area (Å²) in [5.41, 5.74) is 24.9. The summed E-state index contributed by atoms with van der Waals surface area (Å²) in [5.74, 6) is 0. The van der Waals surface area contributed by atoms with Gasteiger partial charge in [0.05, 0.1) is 49.8 Å². The number of para-hydroxylation sites is 8. The van der Waals surface area contributed by atoms with E-state index in [1.807, 2.05) is 65.6 Å². The van der Waals surface area contributed by atoms with Crippen molar-refractivity contribution in [3.8, 4) is 27.9 Å². The maximum Gasteiger partial charge on any atom is 0.148 e. The number of hydrogen-bond acceptors (Lipinski definition) is 4. The van der Waals surface area contributed by atoms with Crippen molar-refractivity contribution < 1.29 is 0 Å². The largest absolute Gasteiger partial charge is 0.355 e. The Labute approximate surface area is 462 Å². The molecule has 6 heterocycles. The first-order valence-electron chi connectivity index (χ1n) is 26.9. The fourth-order valence-corrected chi connectivity index (χ4v) is 13.7. The molecule has 0 radical (unpaired) electrons. The molecule has 0 aliphatic heterocycles. The summed E-state index contributed by atoms with van der Waals surface area (Å²) in [7, 11) is 0. The van der Waals surface area contributed by atoms with Crippen LogP contribution in [0.25, 0.3) is 127 Å². The van der Waals surface area contributed by atoms with Crippen LogP contribution >= 0.6 is 15.9 Å². The van der Waals surface area contributed by atoms with E-state index in [9.17, 15) is 0 Å². The summed E-state index contributed by atoms with van der Waals surface area (Å²) >= 11 is 3.53. The number of halogens is 1. The summed E-state index contributed by atoms with van der Waals surface area (Å²) in [6.07, 6.45) is 3.75. The van der Waals surface area contributed by atoms with Gasteiger partial charge in [0.1, 0.15) is 23.9 Å². The predicted octanol–water partition coefficient (Wildman–Crippen LogP) is 17.9. The molecular formula is C70H49BrN8. The summed E-state index contributed by atoms with van der Waals surface area (Å²) in [6, 6.07) is 73.3. The number of benzene rings is 10. The maximum absolute atomic E-state index is 5.04.